The Morgan fingerprint density at radius 1 is 1.02 bits per heavy atom. The quantitative estimate of drug-likeness (QED) is 0.346. The summed E-state index contributed by atoms with van der Waals surface area (Å²) in [7, 11) is 0. The summed E-state index contributed by atoms with van der Waals surface area (Å²) >= 11 is 1.75. The van der Waals surface area contributed by atoms with Crippen LogP contribution in [0.3, 0.4) is 0 Å². The molecule has 0 saturated carbocycles. The van der Waals surface area contributed by atoms with E-state index in [1.54, 1.807) is 23.9 Å². The average molecular weight is 617 g/mol. The van der Waals surface area contributed by atoms with E-state index in [4.69, 9.17) is 29.0 Å². The second kappa shape index (κ2) is 14.7. The number of esters is 1. The molecule has 16 heteroatoms. The standard InChI is InChI=1S/C21H28N2O3S.2C2HF3O2/c1-2-26-20(24)21-6-3-7-22(11-18-5-9-27-15-18)12-19(21)13-23(16-21)10-17-4-8-25-14-17;2*3-2(4,5)1(6)7/h4-5,8-9,14-15,19H,2-3,6-7,10-13,16H2,1H3;2*(H,6,7)/t19-,21-;;/m0../s1. The second-order valence-electron chi connectivity index (χ2n) is 9.45. The van der Waals surface area contributed by atoms with E-state index < -0.39 is 24.3 Å². The highest BCUT2D eigenvalue weighted by atomic mass is 32.1. The highest BCUT2D eigenvalue weighted by molar-refractivity contribution is 7.07. The van der Waals surface area contributed by atoms with Crippen LogP contribution in [0.4, 0.5) is 26.3 Å². The Morgan fingerprint density at radius 2 is 1.61 bits per heavy atom. The summed E-state index contributed by atoms with van der Waals surface area (Å²) in [6.07, 6.45) is -4.70. The topological polar surface area (TPSA) is 121 Å². The third-order valence-electron chi connectivity index (χ3n) is 6.48. The Morgan fingerprint density at radius 3 is 2.10 bits per heavy atom. The van der Waals surface area contributed by atoms with Crippen molar-refractivity contribution in [1.29, 1.82) is 0 Å². The van der Waals surface area contributed by atoms with Crippen LogP contribution in [0.15, 0.2) is 39.8 Å². The van der Waals surface area contributed by atoms with Crippen LogP contribution in [-0.2, 0) is 32.2 Å². The molecule has 0 bridgehead atoms. The third kappa shape index (κ3) is 10.3. The molecule has 0 amide bonds. The summed E-state index contributed by atoms with van der Waals surface area (Å²) in [5.41, 5.74) is 2.17. The second-order valence-corrected chi connectivity index (χ2v) is 10.2. The molecule has 0 unspecified atom stereocenters. The van der Waals surface area contributed by atoms with E-state index in [1.165, 1.54) is 11.1 Å². The number of carboxylic acid groups (broad SMARTS) is 2. The lowest BCUT2D eigenvalue weighted by molar-refractivity contribution is -0.193. The first-order valence-corrected chi connectivity index (χ1v) is 13.3. The zero-order valence-electron chi connectivity index (χ0n) is 21.9. The molecule has 41 heavy (non-hydrogen) atoms. The number of carbonyl (C=O) groups excluding carboxylic acids is 1. The summed E-state index contributed by atoms with van der Waals surface area (Å²) < 4.78 is 74.3. The van der Waals surface area contributed by atoms with Crippen LogP contribution in [0.25, 0.3) is 0 Å². The van der Waals surface area contributed by atoms with E-state index in [0.29, 0.717) is 12.5 Å². The van der Waals surface area contributed by atoms with Gasteiger partial charge in [0, 0.05) is 44.2 Å². The van der Waals surface area contributed by atoms with Crippen LogP contribution in [0, 0.1) is 11.3 Å². The van der Waals surface area contributed by atoms with E-state index in [1.807, 2.05) is 13.0 Å². The Hall–Kier alpha value is -3.11. The number of fused-ring (bicyclic) bond motifs is 1. The third-order valence-corrected chi connectivity index (χ3v) is 7.21. The lowest BCUT2D eigenvalue weighted by Crippen LogP contribution is -2.42. The van der Waals surface area contributed by atoms with Gasteiger partial charge in [-0.25, -0.2) is 9.59 Å². The summed E-state index contributed by atoms with van der Waals surface area (Å²) in [6.45, 7) is 7.89. The Labute approximate surface area is 235 Å². The van der Waals surface area contributed by atoms with Crippen molar-refractivity contribution in [3.8, 4) is 0 Å². The number of likely N-dealkylation sites (tertiary alicyclic amines) is 2. The molecule has 2 aromatic heterocycles. The number of nitrogens with zero attached hydrogens (tertiary/aromatic N) is 2. The summed E-state index contributed by atoms with van der Waals surface area (Å²) in [6, 6.07) is 4.21. The first kappa shape index (κ1) is 34.1. The molecule has 2 aromatic rings. The molecular formula is C25H30F6N2O7S. The van der Waals surface area contributed by atoms with Gasteiger partial charge in [-0.15, -0.1) is 0 Å². The van der Waals surface area contributed by atoms with Crippen molar-refractivity contribution in [1.82, 2.24) is 9.80 Å². The number of halogens is 6. The fourth-order valence-corrected chi connectivity index (χ4v) is 5.43. The monoisotopic (exact) mass is 616 g/mol. The zero-order valence-corrected chi connectivity index (χ0v) is 22.7. The number of alkyl halides is 6. The van der Waals surface area contributed by atoms with Crippen LogP contribution in [0.1, 0.15) is 30.9 Å². The molecule has 230 valence electrons. The maximum absolute atomic E-state index is 13.0. The van der Waals surface area contributed by atoms with Crippen LogP contribution in [0.5, 0.6) is 0 Å². The average Bonchev–Trinajstić information content (AvgIpc) is 3.61. The van der Waals surface area contributed by atoms with Gasteiger partial charge in [-0.1, -0.05) is 0 Å². The maximum Gasteiger partial charge on any atom is 0.490 e. The number of carbonyl (C=O) groups is 3. The number of rotatable bonds is 6. The normalized spacial score (nSPS) is 21.4. The SMILES string of the molecule is CCOC(=O)[C@]12CCCN(Cc3ccsc3)C[C@H]1CN(Cc1ccoc1)C2.O=C(O)C(F)(F)F.O=C(O)C(F)(F)F. The summed E-state index contributed by atoms with van der Waals surface area (Å²) in [5.74, 6) is -5.20. The van der Waals surface area contributed by atoms with Crippen molar-refractivity contribution >= 4 is 29.2 Å². The van der Waals surface area contributed by atoms with E-state index in [-0.39, 0.29) is 11.4 Å². The van der Waals surface area contributed by atoms with Gasteiger partial charge in [-0.2, -0.15) is 37.7 Å². The van der Waals surface area contributed by atoms with Gasteiger partial charge < -0.3 is 19.4 Å². The number of furan rings is 1. The minimum atomic E-state index is -5.08. The van der Waals surface area contributed by atoms with Crippen LogP contribution in [-0.4, -0.2) is 83.1 Å². The molecule has 2 saturated heterocycles. The molecule has 4 rings (SSSR count). The highest BCUT2D eigenvalue weighted by Crippen LogP contribution is 2.44. The number of thiophene rings is 1. The Balaban J connectivity index is 0.000000349. The van der Waals surface area contributed by atoms with Crippen molar-refractivity contribution < 1.29 is 60.1 Å². The maximum atomic E-state index is 13.0. The summed E-state index contributed by atoms with van der Waals surface area (Å²) in [4.78, 5) is 35.8. The minimum absolute atomic E-state index is 0.00192. The van der Waals surface area contributed by atoms with Gasteiger partial charge in [0.2, 0.25) is 0 Å². The van der Waals surface area contributed by atoms with E-state index >= 15 is 0 Å². The first-order valence-electron chi connectivity index (χ1n) is 12.3. The minimum Gasteiger partial charge on any atom is -0.475 e. The number of hydrogen-bond acceptors (Lipinski definition) is 8. The van der Waals surface area contributed by atoms with E-state index in [2.05, 4.69) is 26.6 Å². The van der Waals surface area contributed by atoms with Gasteiger partial charge in [-0.05, 0) is 54.8 Å². The molecule has 0 radical (unpaired) electrons. The van der Waals surface area contributed by atoms with Crippen LogP contribution < -0.4 is 0 Å². The zero-order chi connectivity index (χ0) is 30.8. The molecule has 2 aliphatic rings. The number of ether oxygens (including phenoxy) is 1. The molecule has 2 N–H and O–H groups in total. The van der Waals surface area contributed by atoms with Crippen molar-refractivity contribution in [2.75, 3.05) is 32.8 Å². The number of aliphatic carboxylic acids is 2. The van der Waals surface area contributed by atoms with Crippen molar-refractivity contribution in [3.63, 3.8) is 0 Å². The fourth-order valence-electron chi connectivity index (χ4n) is 4.77. The van der Waals surface area contributed by atoms with Crippen molar-refractivity contribution in [2.45, 2.75) is 45.2 Å². The van der Waals surface area contributed by atoms with Gasteiger partial charge in [-0.3, -0.25) is 14.6 Å². The lowest BCUT2D eigenvalue weighted by atomic mass is 9.75. The van der Waals surface area contributed by atoms with Gasteiger partial charge in [0.15, 0.2) is 0 Å². The summed E-state index contributed by atoms with van der Waals surface area (Å²) in [5, 5.41) is 18.6. The predicted octanol–water partition coefficient (Wildman–Crippen LogP) is 4.89. The molecule has 0 aromatic carbocycles. The fraction of sp³-hybridized carbons (Fsp3) is 0.560. The lowest BCUT2D eigenvalue weighted by Gasteiger charge is -2.31. The molecule has 2 fully saturated rings. The first-order chi connectivity index (χ1) is 19.1. The van der Waals surface area contributed by atoms with E-state index in [9.17, 15) is 31.1 Å². The van der Waals surface area contributed by atoms with Gasteiger partial charge >= 0.3 is 30.3 Å². The molecule has 0 spiro atoms. The Bertz CT molecular complexity index is 1080. The van der Waals surface area contributed by atoms with Crippen molar-refractivity contribution in [3.05, 3.63) is 46.5 Å². The van der Waals surface area contributed by atoms with Crippen LogP contribution in [0.2, 0.25) is 0 Å². The Kier molecular flexibility index (Phi) is 12.2. The van der Waals surface area contributed by atoms with Crippen LogP contribution >= 0.6 is 11.3 Å². The molecule has 0 aliphatic carbocycles. The van der Waals surface area contributed by atoms with Gasteiger partial charge in [0.05, 0.1) is 24.5 Å². The molecule has 2 aliphatic heterocycles. The van der Waals surface area contributed by atoms with Crippen molar-refractivity contribution in [2.24, 2.45) is 11.3 Å². The largest absolute Gasteiger partial charge is 0.490 e. The number of carboxylic acids is 2. The highest BCUT2D eigenvalue weighted by Gasteiger charge is 2.54. The predicted molar refractivity (Wildman–Crippen MR) is 133 cm³/mol. The van der Waals surface area contributed by atoms with E-state index in [0.717, 1.165) is 52.1 Å². The molecule has 2 atom stereocenters. The molecule has 4 heterocycles. The molecule has 9 nitrogen and oxygen atoms in total. The molecular weight excluding hydrogens is 586 g/mol. The smallest absolute Gasteiger partial charge is 0.475 e. The van der Waals surface area contributed by atoms with Gasteiger partial charge in [0.1, 0.15) is 0 Å². The number of hydrogen-bond donors (Lipinski definition) is 2. The van der Waals surface area contributed by atoms with Gasteiger partial charge in [0.25, 0.3) is 0 Å².